The van der Waals surface area contributed by atoms with Gasteiger partial charge in [-0.2, -0.15) is 4.98 Å². The van der Waals surface area contributed by atoms with E-state index >= 15 is 0 Å². The minimum atomic E-state index is -0.525. The lowest BCUT2D eigenvalue weighted by atomic mass is 10.3. The van der Waals surface area contributed by atoms with Crippen LogP contribution in [0.3, 0.4) is 0 Å². The van der Waals surface area contributed by atoms with Crippen molar-refractivity contribution in [3.8, 4) is 23.4 Å². The third-order valence-corrected chi connectivity index (χ3v) is 1.74. The van der Waals surface area contributed by atoms with Gasteiger partial charge < -0.3 is 14.9 Å². The van der Waals surface area contributed by atoms with Crippen LogP contribution in [0.2, 0.25) is 0 Å². The van der Waals surface area contributed by atoms with Gasteiger partial charge in [0.2, 0.25) is 5.88 Å². The van der Waals surface area contributed by atoms with Gasteiger partial charge in [-0.25, -0.2) is 0 Å². The number of nitrogens with one attached hydrogen (secondary N) is 1. The van der Waals surface area contributed by atoms with E-state index in [1.165, 1.54) is 12.1 Å². The van der Waals surface area contributed by atoms with Gasteiger partial charge in [0, 0.05) is 6.07 Å². The van der Waals surface area contributed by atoms with Crippen molar-refractivity contribution in [3.05, 3.63) is 40.7 Å². The Balaban J connectivity index is 2.30. The molecule has 2 rings (SSSR count). The molecule has 0 spiro atoms. The van der Waals surface area contributed by atoms with Gasteiger partial charge in [-0.05, 0) is 12.1 Å². The average molecular weight is 220 g/mol. The maximum absolute atomic E-state index is 11.0. The monoisotopic (exact) mass is 220 g/mol. The molecule has 0 unspecified atom stereocenters. The number of benzene rings is 1. The second kappa shape index (κ2) is 3.93. The summed E-state index contributed by atoms with van der Waals surface area (Å²) in [6.07, 6.45) is 0. The van der Waals surface area contributed by atoms with Crippen molar-refractivity contribution in [1.29, 1.82) is 0 Å². The fourth-order valence-electron chi connectivity index (χ4n) is 1.13. The number of phenolic OH excluding ortho intramolecular Hbond substituents is 1. The predicted molar refractivity (Wildman–Crippen MR) is 54.7 cm³/mol. The number of nitrogens with zero attached hydrogens (tertiary/aromatic N) is 1. The van der Waals surface area contributed by atoms with E-state index in [1.807, 2.05) is 0 Å². The van der Waals surface area contributed by atoms with Crippen LogP contribution < -0.4 is 10.3 Å². The van der Waals surface area contributed by atoms with Crippen LogP contribution in [0.1, 0.15) is 0 Å². The van der Waals surface area contributed by atoms with Crippen molar-refractivity contribution in [2.24, 2.45) is 0 Å². The largest absolute Gasteiger partial charge is 0.508 e. The van der Waals surface area contributed by atoms with Crippen molar-refractivity contribution in [3.63, 3.8) is 0 Å². The first-order valence-electron chi connectivity index (χ1n) is 4.41. The number of phenols is 1. The molecule has 0 fully saturated rings. The number of H-pyrrole nitrogens is 1. The first-order chi connectivity index (χ1) is 7.63. The van der Waals surface area contributed by atoms with E-state index < -0.39 is 11.4 Å². The first-order valence-corrected chi connectivity index (χ1v) is 4.41. The topological polar surface area (TPSA) is 95.4 Å². The fraction of sp³-hybridized carbons (Fsp3) is 0. The van der Waals surface area contributed by atoms with Crippen LogP contribution in [0.15, 0.2) is 35.1 Å². The van der Waals surface area contributed by atoms with E-state index in [-0.39, 0.29) is 11.8 Å². The number of hydrogen-bond donors (Lipinski definition) is 3. The number of ether oxygens (including phenoxy) is 1. The second-order valence-electron chi connectivity index (χ2n) is 3.01. The molecule has 0 saturated heterocycles. The van der Waals surface area contributed by atoms with Crippen molar-refractivity contribution < 1.29 is 14.9 Å². The maximum atomic E-state index is 11.0. The third-order valence-electron chi connectivity index (χ3n) is 1.74. The summed E-state index contributed by atoms with van der Waals surface area (Å²) < 4.78 is 5.13. The first kappa shape index (κ1) is 10.0. The van der Waals surface area contributed by atoms with Crippen LogP contribution in [0.25, 0.3) is 0 Å². The molecule has 0 atom stereocenters. The Hall–Kier alpha value is -2.50. The fourth-order valence-corrected chi connectivity index (χ4v) is 1.13. The molecular weight excluding hydrogens is 212 g/mol. The summed E-state index contributed by atoms with van der Waals surface area (Å²) in [7, 11) is 0. The lowest BCUT2D eigenvalue weighted by Crippen LogP contribution is -2.06. The van der Waals surface area contributed by atoms with Crippen molar-refractivity contribution in [2.45, 2.75) is 0 Å². The third kappa shape index (κ3) is 2.30. The normalized spacial score (nSPS) is 10.0. The molecule has 3 N–H and O–H groups in total. The van der Waals surface area contributed by atoms with E-state index in [1.54, 1.807) is 12.1 Å². The van der Waals surface area contributed by atoms with Gasteiger partial charge in [0.25, 0.3) is 5.56 Å². The maximum Gasteiger partial charge on any atom is 0.305 e. The predicted octanol–water partition coefficient (Wildman–Crippen LogP) is 0.973. The Morgan fingerprint density at radius 1 is 1.25 bits per heavy atom. The Morgan fingerprint density at radius 3 is 2.75 bits per heavy atom. The Bertz CT molecular complexity index is 565. The lowest BCUT2D eigenvalue weighted by molar-refractivity contribution is 0.400. The number of aromatic nitrogens is 2. The summed E-state index contributed by atoms with van der Waals surface area (Å²) >= 11 is 0. The zero-order valence-corrected chi connectivity index (χ0v) is 8.04. The molecule has 6 heteroatoms. The van der Waals surface area contributed by atoms with Crippen LogP contribution in [0.4, 0.5) is 0 Å². The second-order valence-corrected chi connectivity index (χ2v) is 3.01. The number of aromatic amines is 1. The van der Waals surface area contributed by atoms with Crippen LogP contribution in [-0.4, -0.2) is 20.2 Å². The van der Waals surface area contributed by atoms with Crippen LogP contribution in [0.5, 0.6) is 23.4 Å². The highest BCUT2D eigenvalue weighted by atomic mass is 16.5. The molecule has 16 heavy (non-hydrogen) atoms. The van der Waals surface area contributed by atoms with E-state index in [2.05, 4.69) is 9.97 Å². The highest BCUT2D eigenvalue weighted by molar-refractivity contribution is 5.33. The molecule has 1 aromatic heterocycles. The van der Waals surface area contributed by atoms with Gasteiger partial charge in [0.05, 0.1) is 6.07 Å². The summed E-state index contributed by atoms with van der Waals surface area (Å²) in [5.41, 5.74) is -0.525. The highest BCUT2D eigenvalue weighted by Gasteiger charge is 2.02. The van der Waals surface area contributed by atoms with E-state index in [4.69, 9.17) is 9.84 Å². The van der Waals surface area contributed by atoms with Crippen molar-refractivity contribution >= 4 is 0 Å². The van der Waals surface area contributed by atoms with Crippen molar-refractivity contribution in [1.82, 2.24) is 9.97 Å². The van der Waals surface area contributed by atoms with Gasteiger partial charge in [-0.3, -0.25) is 9.78 Å². The van der Waals surface area contributed by atoms with Crippen LogP contribution in [-0.2, 0) is 0 Å². The quantitative estimate of drug-likeness (QED) is 0.700. The molecule has 0 aliphatic heterocycles. The molecule has 82 valence electrons. The lowest BCUT2D eigenvalue weighted by Gasteiger charge is -2.03. The summed E-state index contributed by atoms with van der Waals surface area (Å²) in [4.78, 5) is 16.8. The standard InChI is InChI=1S/C10H8N2O4/c13-6-2-1-3-7(4-6)16-10-11-8(14)5-9(15)12-10/h1-5,13H,(H2,11,12,14,15). The van der Waals surface area contributed by atoms with Crippen LogP contribution >= 0.6 is 0 Å². The zero-order valence-electron chi connectivity index (χ0n) is 8.04. The summed E-state index contributed by atoms with van der Waals surface area (Å²) in [6.45, 7) is 0. The molecule has 1 aromatic carbocycles. The number of aromatic hydroxyl groups is 2. The van der Waals surface area contributed by atoms with E-state index in [0.717, 1.165) is 6.07 Å². The van der Waals surface area contributed by atoms with Crippen molar-refractivity contribution in [2.75, 3.05) is 0 Å². The highest BCUT2D eigenvalue weighted by Crippen LogP contribution is 2.21. The van der Waals surface area contributed by atoms with Gasteiger partial charge in [-0.15, -0.1) is 0 Å². The minimum Gasteiger partial charge on any atom is -0.508 e. The summed E-state index contributed by atoms with van der Waals surface area (Å²) in [5, 5.41) is 18.2. The van der Waals surface area contributed by atoms with Gasteiger partial charge in [0.15, 0.2) is 0 Å². The summed E-state index contributed by atoms with van der Waals surface area (Å²) in [6, 6.07) is 6.76. The Kier molecular flexibility index (Phi) is 2.47. The van der Waals surface area contributed by atoms with Gasteiger partial charge >= 0.3 is 6.01 Å². The van der Waals surface area contributed by atoms with Gasteiger partial charge in [-0.1, -0.05) is 6.07 Å². The van der Waals surface area contributed by atoms with Gasteiger partial charge in [0.1, 0.15) is 11.5 Å². The average Bonchev–Trinajstić information content (AvgIpc) is 2.15. The molecule has 0 saturated carbocycles. The molecule has 1 heterocycles. The number of hydrogen-bond acceptors (Lipinski definition) is 5. The minimum absolute atomic E-state index is 0.0278. The Labute approximate surface area is 89.8 Å². The smallest absolute Gasteiger partial charge is 0.305 e. The molecule has 6 nitrogen and oxygen atoms in total. The molecule has 0 radical (unpaired) electrons. The molecule has 0 bridgehead atoms. The Morgan fingerprint density at radius 2 is 2.06 bits per heavy atom. The van der Waals surface area contributed by atoms with E-state index in [0.29, 0.717) is 5.75 Å². The SMILES string of the molecule is O=c1cc(O)nc(Oc2cccc(O)c2)[nH]1. The molecule has 0 amide bonds. The van der Waals surface area contributed by atoms with Crippen LogP contribution in [0, 0.1) is 0 Å². The van der Waals surface area contributed by atoms with E-state index in [9.17, 15) is 9.90 Å². The molecule has 2 aromatic rings. The zero-order chi connectivity index (χ0) is 11.5. The molecular formula is C10H8N2O4. The number of rotatable bonds is 2. The molecule has 0 aliphatic rings. The molecule has 0 aliphatic carbocycles. The summed E-state index contributed by atoms with van der Waals surface area (Å²) in [5.74, 6) is -0.104.